The monoisotopic (exact) mass is 287 g/mol. The van der Waals surface area contributed by atoms with E-state index < -0.39 is 0 Å². The molecule has 0 aliphatic heterocycles. The van der Waals surface area contributed by atoms with E-state index in [4.69, 9.17) is 0 Å². The van der Waals surface area contributed by atoms with Crippen molar-refractivity contribution in [1.82, 2.24) is 9.88 Å². The van der Waals surface area contributed by atoms with Gasteiger partial charge in [-0.2, -0.15) is 0 Å². The van der Waals surface area contributed by atoms with Crippen LogP contribution in [0.3, 0.4) is 0 Å². The zero-order valence-electron chi connectivity index (χ0n) is 12.7. The molecule has 2 rings (SSSR count). The average molecular weight is 287 g/mol. The van der Waals surface area contributed by atoms with Gasteiger partial charge in [0.1, 0.15) is 0 Å². The summed E-state index contributed by atoms with van der Waals surface area (Å²) in [7, 11) is 0. The standard InChI is InChI=1S/C16H21N3O2/c1-16(2,3)17-10-14-7-8-18(12-14)11-13-5-4-6-15(9-13)19(20)21/h4-9,12,17H,10-11H2,1-3H3. The van der Waals surface area contributed by atoms with Crippen molar-refractivity contribution in [2.75, 3.05) is 0 Å². The van der Waals surface area contributed by atoms with E-state index in [1.807, 2.05) is 16.8 Å². The van der Waals surface area contributed by atoms with E-state index in [9.17, 15) is 10.1 Å². The maximum absolute atomic E-state index is 10.8. The van der Waals surface area contributed by atoms with Crippen LogP contribution in [0.1, 0.15) is 31.9 Å². The number of nitro benzene ring substituents is 1. The Morgan fingerprint density at radius 2 is 2.00 bits per heavy atom. The Kier molecular flexibility index (Phi) is 4.43. The molecule has 112 valence electrons. The molecule has 2 aromatic rings. The highest BCUT2D eigenvalue weighted by atomic mass is 16.6. The Bertz CT molecular complexity index is 626. The highest BCUT2D eigenvalue weighted by Crippen LogP contribution is 2.15. The van der Waals surface area contributed by atoms with Gasteiger partial charge in [0.05, 0.1) is 4.92 Å². The average Bonchev–Trinajstić information content (AvgIpc) is 2.83. The van der Waals surface area contributed by atoms with Gasteiger partial charge < -0.3 is 9.88 Å². The van der Waals surface area contributed by atoms with Gasteiger partial charge in [-0.05, 0) is 38.0 Å². The summed E-state index contributed by atoms with van der Waals surface area (Å²) in [5, 5.41) is 14.2. The van der Waals surface area contributed by atoms with Crippen molar-refractivity contribution in [3.8, 4) is 0 Å². The number of hydrogen-bond acceptors (Lipinski definition) is 3. The summed E-state index contributed by atoms with van der Waals surface area (Å²) in [5.41, 5.74) is 2.35. The molecule has 0 fully saturated rings. The van der Waals surface area contributed by atoms with Gasteiger partial charge in [-0.25, -0.2) is 0 Å². The third-order valence-corrected chi connectivity index (χ3v) is 3.12. The molecule has 0 saturated heterocycles. The Morgan fingerprint density at radius 3 is 2.67 bits per heavy atom. The number of rotatable bonds is 5. The quantitative estimate of drug-likeness (QED) is 0.677. The molecule has 1 N–H and O–H groups in total. The van der Waals surface area contributed by atoms with E-state index in [1.165, 1.54) is 11.6 Å². The summed E-state index contributed by atoms with van der Waals surface area (Å²) in [6, 6.07) is 8.82. The second kappa shape index (κ2) is 6.10. The van der Waals surface area contributed by atoms with Gasteiger partial charge in [0.25, 0.3) is 5.69 Å². The summed E-state index contributed by atoms with van der Waals surface area (Å²) >= 11 is 0. The van der Waals surface area contributed by atoms with E-state index in [-0.39, 0.29) is 16.1 Å². The fourth-order valence-corrected chi connectivity index (χ4v) is 2.04. The molecular formula is C16H21N3O2. The van der Waals surface area contributed by atoms with Crippen molar-refractivity contribution in [3.63, 3.8) is 0 Å². The highest BCUT2D eigenvalue weighted by molar-refractivity contribution is 5.34. The molecule has 0 aliphatic carbocycles. The molecule has 1 aromatic heterocycles. The highest BCUT2D eigenvalue weighted by Gasteiger charge is 2.09. The van der Waals surface area contributed by atoms with Crippen LogP contribution in [-0.2, 0) is 13.1 Å². The third kappa shape index (κ3) is 4.72. The largest absolute Gasteiger partial charge is 0.350 e. The maximum atomic E-state index is 10.8. The smallest absolute Gasteiger partial charge is 0.269 e. The van der Waals surface area contributed by atoms with Crippen LogP contribution in [0.2, 0.25) is 0 Å². The first kappa shape index (κ1) is 15.3. The number of hydrogen-bond donors (Lipinski definition) is 1. The first-order chi connectivity index (χ1) is 9.83. The topological polar surface area (TPSA) is 60.1 Å². The molecule has 0 unspecified atom stereocenters. The van der Waals surface area contributed by atoms with Gasteiger partial charge in [0, 0.05) is 43.2 Å². The van der Waals surface area contributed by atoms with Crippen LogP contribution in [0.4, 0.5) is 5.69 Å². The van der Waals surface area contributed by atoms with E-state index in [2.05, 4.69) is 38.4 Å². The first-order valence-electron chi connectivity index (χ1n) is 6.96. The van der Waals surface area contributed by atoms with Crippen LogP contribution >= 0.6 is 0 Å². The van der Waals surface area contributed by atoms with Crippen molar-refractivity contribution in [2.24, 2.45) is 0 Å². The van der Waals surface area contributed by atoms with E-state index in [0.29, 0.717) is 6.54 Å². The minimum atomic E-state index is -0.363. The lowest BCUT2D eigenvalue weighted by molar-refractivity contribution is -0.384. The second-order valence-electron chi connectivity index (χ2n) is 6.22. The molecule has 5 nitrogen and oxygen atoms in total. The molecule has 0 spiro atoms. The summed E-state index contributed by atoms with van der Waals surface area (Å²) in [5.74, 6) is 0. The van der Waals surface area contributed by atoms with E-state index in [0.717, 1.165) is 12.1 Å². The van der Waals surface area contributed by atoms with Gasteiger partial charge in [0.15, 0.2) is 0 Å². The first-order valence-corrected chi connectivity index (χ1v) is 6.96. The van der Waals surface area contributed by atoms with Gasteiger partial charge in [-0.3, -0.25) is 10.1 Å². The third-order valence-electron chi connectivity index (χ3n) is 3.12. The van der Waals surface area contributed by atoms with Crippen LogP contribution in [0, 0.1) is 10.1 Å². The van der Waals surface area contributed by atoms with Crippen molar-refractivity contribution in [3.05, 3.63) is 64.0 Å². The SMILES string of the molecule is CC(C)(C)NCc1ccn(Cc2cccc([N+](=O)[O-])c2)c1. The van der Waals surface area contributed by atoms with Gasteiger partial charge >= 0.3 is 0 Å². The van der Waals surface area contributed by atoms with Crippen LogP contribution in [0.25, 0.3) is 0 Å². The molecule has 0 amide bonds. The minimum Gasteiger partial charge on any atom is -0.350 e. The van der Waals surface area contributed by atoms with Crippen molar-refractivity contribution >= 4 is 5.69 Å². The minimum absolute atomic E-state index is 0.0855. The molecule has 1 heterocycles. The maximum Gasteiger partial charge on any atom is 0.269 e. The van der Waals surface area contributed by atoms with Gasteiger partial charge in [-0.1, -0.05) is 12.1 Å². The van der Waals surface area contributed by atoms with Crippen LogP contribution < -0.4 is 5.32 Å². The number of benzene rings is 1. The number of nitrogens with zero attached hydrogens (tertiary/aromatic N) is 2. The zero-order valence-corrected chi connectivity index (χ0v) is 12.7. The fraction of sp³-hybridized carbons (Fsp3) is 0.375. The van der Waals surface area contributed by atoms with Crippen molar-refractivity contribution in [1.29, 1.82) is 0 Å². The van der Waals surface area contributed by atoms with Crippen LogP contribution in [0.5, 0.6) is 0 Å². The Labute approximate surface area is 124 Å². The fourth-order valence-electron chi connectivity index (χ4n) is 2.04. The molecule has 21 heavy (non-hydrogen) atoms. The Morgan fingerprint density at radius 1 is 1.24 bits per heavy atom. The van der Waals surface area contributed by atoms with Gasteiger partial charge in [0.2, 0.25) is 0 Å². The normalized spacial score (nSPS) is 11.6. The number of non-ortho nitro benzene ring substituents is 1. The lowest BCUT2D eigenvalue weighted by Gasteiger charge is -2.19. The van der Waals surface area contributed by atoms with Crippen molar-refractivity contribution in [2.45, 2.75) is 39.4 Å². The molecule has 0 saturated carbocycles. The number of nitrogens with one attached hydrogen (secondary N) is 1. The Balaban J connectivity index is 2.02. The summed E-state index contributed by atoms with van der Waals surface area (Å²) in [6.07, 6.45) is 4.07. The predicted molar refractivity (Wildman–Crippen MR) is 83.2 cm³/mol. The molecule has 0 radical (unpaired) electrons. The molecule has 5 heteroatoms. The summed E-state index contributed by atoms with van der Waals surface area (Å²) in [4.78, 5) is 10.4. The summed E-state index contributed by atoms with van der Waals surface area (Å²) in [6.45, 7) is 7.84. The second-order valence-corrected chi connectivity index (χ2v) is 6.22. The predicted octanol–water partition coefficient (Wildman–Crippen LogP) is 3.33. The van der Waals surface area contributed by atoms with E-state index >= 15 is 0 Å². The zero-order chi connectivity index (χ0) is 15.5. The molecular weight excluding hydrogens is 266 g/mol. The number of aromatic nitrogens is 1. The lowest BCUT2D eigenvalue weighted by atomic mass is 10.1. The van der Waals surface area contributed by atoms with Gasteiger partial charge in [-0.15, -0.1) is 0 Å². The van der Waals surface area contributed by atoms with Crippen LogP contribution in [-0.4, -0.2) is 15.0 Å². The molecule has 0 atom stereocenters. The lowest BCUT2D eigenvalue weighted by Crippen LogP contribution is -2.34. The molecule has 1 aromatic carbocycles. The molecule has 0 bridgehead atoms. The molecule has 0 aliphatic rings. The Hall–Kier alpha value is -2.14. The van der Waals surface area contributed by atoms with Crippen molar-refractivity contribution < 1.29 is 4.92 Å². The van der Waals surface area contributed by atoms with Crippen LogP contribution in [0.15, 0.2) is 42.7 Å². The summed E-state index contributed by atoms with van der Waals surface area (Å²) < 4.78 is 2.04. The number of nitro groups is 1. The van der Waals surface area contributed by atoms with E-state index in [1.54, 1.807) is 12.1 Å².